The lowest BCUT2D eigenvalue weighted by molar-refractivity contribution is 0.808. The minimum atomic E-state index is 0.748. The Morgan fingerprint density at radius 2 is 2.18 bits per heavy atom. The predicted octanol–water partition coefficient (Wildman–Crippen LogP) is 2.91. The fraction of sp³-hybridized carbons (Fsp3) is 0.308. The molecule has 17 heavy (non-hydrogen) atoms. The third kappa shape index (κ3) is 1.62. The van der Waals surface area contributed by atoms with Crippen LogP contribution in [0.15, 0.2) is 18.2 Å². The Hall–Kier alpha value is -1.48. The van der Waals surface area contributed by atoms with Crippen molar-refractivity contribution in [2.24, 2.45) is 0 Å². The lowest BCUT2D eigenvalue weighted by Crippen LogP contribution is -2.03. The van der Waals surface area contributed by atoms with E-state index in [1.807, 2.05) is 25.1 Å². The highest BCUT2D eigenvalue weighted by atomic mass is 35.5. The van der Waals surface area contributed by atoms with E-state index >= 15 is 0 Å². The molecule has 1 aliphatic carbocycles. The molecule has 1 heterocycles. The van der Waals surface area contributed by atoms with Crippen LogP contribution in [0.1, 0.15) is 23.2 Å². The van der Waals surface area contributed by atoms with Crippen molar-refractivity contribution in [1.82, 2.24) is 9.78 Å². The fourth-order valence-corrected chi connectivity index (χ4v) is 2.50. The van der Waals surface area contributed by atoms with Crippen LogP contribution < -0.4 is 5.73 Å². The van der Waals surface area contributed by atoms with Gasteiger partial charge in [-0.1, -0.05) is 17.7 Å². The maximum Gasteiger partial charge on any atom is 0.130 e. The Kier molecular flexibility index (Phi) is 2.37. The molecule has 1 aromatic carbocycles. The number of nitrogens with two attached hydrogens (primary N) is 1. The molecule has 0 atom stereocenters. The lowest BCUT2D eigenvalue weighted by atomic mass is 10.2. The summed E-state index contributed by atoms with van der Waals surface area (Å²) in [6.45, 7) is 1.98. The molecule has 2 aromatic rings. The molecule has 3 nitrogen and oxygen atoms in total. The zero-order valence-corrected chi connectivity index (χ0v) is 10.5. The molecule has 0 fully saturated rings. The van der Waals surface area contributed by atoms with Gasteiger partial charge in [-0.3, -0.25) is 0 Å². The third-order valence-electron chi connectivity index (χ3n) is 3.35. The Morgan fingerprint density at radius 3 is 2.88 bits per heavy atom. The highest BCUT2D eigenvalue weighted by Gasteiger charge is 2.20. The average molecular weight is 248 g/mol. The number of aromatic nitrogens is 2. The maximum atomic E-state index is 6.13. The van der Waals surface area contributed by atoms with Gasteiger partial charge in [0.05, 0.1) is 11.4 Å². The Balaban J connectivity index is 2.12. The van der Waals surface area contributed by atoms with E-state index in [1.165, 1.54) is 5.56 Å². The fourth-order valence-electron chi connectivity index (χ4n) is 2.33. The molecule has 0 radical (unpaired) electrons. The molecular weight excluding hydrogens is 234 g/mol. The van der Waals surface area contributed by atoms with E-state index < -0.39 is 0 Å². The van der Waals surface area contributed by atoms with Crippen LogP contribution in [-0.2, 0) is 12.8 Å². The van der Waals surface area contributed by atoms with Gasteiger partial charge in [-0.2, -0.15) is 5.10 Å². The van der Waals surface area contributed by atoms with Crippen LogP contribution in [0.3, 0.4) is 0 Å². The lowest BCUT2D eigenvalue weighted by Gasteiger charge is -2.07. The number of benzene rings is 1. The van der Waals surface area contributed by atoms with E-state index in [-0.39, 0.29) is 0 Å². The quantitative estimate of drug-likeness (QED) is 0.842. The standard InChI is InChI=1S/C13H14ClN3/c1-8-5-6-9(7-11(8)14)17-13(15)10-3-2-4-12(10)16-17/h5-7H,2-4,15H2,1H3. The van der Waals surface area contributed by atoms with Crippen molar-refractivity contribution >= 4 is 17.4 Å². The van der Waals surface area contributed by atoms with Crippen molar-refractivity contribution in [2.75, 3.05) is 5.73 Å². The highest BCUT2D eigenvalue weighted by Crippen LogP contribution is 2.29. The first kappa shape index (κ1) is 10.7. The predicted molar refractivity (Wildman–Crippen MR) is 69.7 cm³/mol. The molecule has 2 N–H and O–H groups in total. The maximum absolute atomic E-state index is 6.13. The van der Waals surface area contributed by atoms with E-state index in [2.05, 4.69) is 5.10 Å². The van der Waals surface area contributed by atoms with E-state index in [1.54, 1.807) is 4.68 Å². The number of hydrogen-bond acceptors (Lipinski definition) is 2. The number of nitrogens with zero attached hydrogens (tertiary/aromatic N) is 2. The topological polar surface area (TPSA) is 43.8 Å². The van der Waals surface area contributed by atoms with Crippen molar-refractivity contribution < 1.29 is 0 Å². The van der Waals surface area contributed by atoms with Gasteiger partial charge in [0.2, 0.25) is 0 Å². The smallest absolute Gasteiger partial charge is 0.130 e. The summed E-state index contributed by atoms with van der Waals surface area (Å²) in [7, 11) is 0. The van der Waals surface area contributed by atoms with Crippen LogP contribution in [0.5, 0.6) is 0 Å². The average Bonchev–Trinajstić information content (AvgIpc) is 2.86. The molecule has 0 aliphatic heterocycles. The van der Waals surface area contributed by atoms with Gasteiger partial charge >= 0.3 is 0 Å². The van der Waals surface area contributed by atoms with E-state index in [9.17, 15) is 0 Å². The SMILES string of the molecule is Cc1ccc(-n2nc3c(c2N)CCC3)cc1Cl. The number of anilines is 1. The van der Waals surface area contributed by atoms with Crippen molar-refractivity contribution in [3.8, 4) is 5.69 Å². The van der Waals surface area contributed by atoms with Gasteiger partial charge in [-0.25, -0.2) is 4.68 Å². The first-order valence-corrected chi connectivity index (χ1v) is 6.17. The van der Waals surface area contributed by atoms with Crippen molar-refractivity contribution in [3.05, 3.63) is 40.0 Å². The number of hydrogen-bond donors (Lipinski definition) is 1. The number of aryl methyl sites for hydroxylation is 2. The second kappa shape index (κ2) is 3.77. The summed E-state index contributed by atoms with van der Waals surface area (Å²) in [4.78, 5) is 0. The molecule has 1 aromatic heterocycles. The summed E-state index contributed by atoms with van der Waals surface area (Å²) in [5.74, 6) is 0.761. The molecule has 0 bridgehead atoms. The first-order valence-electron chi connectivity index (χ1n) is 5.79. The zero-order valence-electron chi connectivity index (χ0n) is 9.70. The van der Waals surface area contributed by atoms with Gasteiger partial charge in [-0.15, -0.1) is 0 Å². The van der Waals surface area contributed by atoms with Crippen LogP contribution in [-0.4, -0.2) is 9.78 Å². The van der Waals surface area contributed by atoms with Crippen LogP contribution in [0.4, 0.5) is 5.82 Å². The third-order valence-corrected chi connectivity index (χ3v) is 3.75. The number of fused-ring (bicyclic) bond motifs is 1. The Labute approximate surface area is 105 Å². The van der Waals surface area contributed by atoms with E-state index in [0.29, 0.717) is 0 Å². The second-order valence-corrected chi connectivity index (χ2v) is 4.92. The normalized spacial score (nSPS) is 14.0. The molecule has 0 unspecified atom stereocenters. The minimum absolute atomic E-state index is 0.748. The van der Waals surface area contributed by atoms with E-state index in [4.69, 9.17) is 17.3 Å². The monoisotopic (exact) mass is 247 g/mol. The summed E-state index contributed by atoms with van der Waals surface area (Å²) >= 11 is 6.13. The van der Waals surface area contributed by atoms with Gasteiger partial charge in [-0.05, 0) is 43.9 Å². The zero-order chi connectivity index (χ0) is 12.0. The summed E-state index contributed by atoms with van der Waals surface area (Å²) in [6, 6.07) is 5.90. The van der Waals surface area contributed by atoms with Gasteiger partial charge in [0, 0.05) is 10.6 Å². The second-order valence-electron chi connectivity index (χ2n) is 4.51. The van der Waals surface area contributed by atoms with Gasteiger partial charge in [0.1, 0.15) is 5.82 Å². The molecule has 88 valence electrons. The van der Waals surface area contributed by atoms with Crippen LogP contribution in [0, 0.1) is 6.92 Å². The van der Waals surface area contributed by atoms with Crippen molar-refractivity contribution in [1.29, 1.82) is 0 Å². The van der Waals surface area contributed by atoms with E-state index in [0.717, 1.165) is 47.0 Å². The van der Waals surface area contributed by atoms with Crippen molar-refractivity contribution in [3.63, 3.8) is 0 Å². The minimum Gasteiger partial charge on any atom is -0.383 e. The summed E-state index contributed by atoms with van der Waals surface area (Å²) in [5.41, 5.74) is 10.5. The molecule has 0 spiro atoms. The molecule has 4 heteroatoms. The van der Waals surface area contributed by atoms with Crippen LogP contribution >= 0.6 is 11.6 Å². The van der Waals surface area contributed by atoms with Crippen molar-refractivity contribution in [2.45, 2.75) is 26.2 Å². The summed E-state index contributed by atoms with van der Waals surface area (Å²) in [5, 5.41) is 5.31. The summed E-state index contributed by atoms with van der Waals surface area (Å²) in [6.07, 6.45) is 3.24. The van der Waals surface area contributed by atoms with Gasteiger partial charge < -0.3 is 5.73 Å². The molecule has 3 rings (SSSR count). The first-order chi connectivity index (χ1) is 8.16. The molecular formula is C13H14ClN3. The summed E-state index contributed by atoms with van der Waals surface area (Å²) < 4.78 is 1.80. The Morgan fingerprint density at radius 1 is 1.35 bits per heavy atom. The largest absolute Gasteiger partial charge is 0.383 e. The highest BCUT2D eigenvalue weighted by molar-refractivity contribution is 6.31. The van der Waals surface area contributed by atoms with Gasteiger partial charge in [0.15, 0.2) is 0 Å². The van der Waals surface area contributed by atoms with Crippen LogP contribution in [0.25, 0.3) is 5.69 Å². The molecule has 0 saturated carbocycles. The van der Waals surface area contributed by atoms with Gasteiger partial charge in [0.25, 0.3) is 0 Å². The molecule has 0 saturated heterocycles. The van der Waals surface area contributed by atoms with Crippen LogP contribution in [0.2, 0.25) is 5.02 Å². The number of rotatable bonds is 1. The number of nitrogen functional groups attached to an aromatic ring is 1. The molecule has 0 amide bonds. The molecule has 1 aliphatic rings. The number of halogens is 1. The Bertz CT molecular complexity index is 587.